The zero-order valence-electron chi connectivity index (χ0n) is 11.1. The molecule has 1 fully saturated rings. The van der Waals surface area contributed by atoms with Crippen molar-refractivity contribution in [2.24, 2.45) is 0 Å². The summed E-state index contributed by atoms with van der Waals surface area (Å²) < 4.78 is 10.9. The SMILES string of the molecule is O=C(CCNC1CC1)Nc1cc2c(cc1Cl)OCCO2. The van der Waals surface area contributed by atoms with Gasteiger partial charge in [0.05, 0.1) is 10.7 Å². The predicted octanol–water partition coefficient (Wildman–Crippen LogP) is 2.19. The molecule has 6 heteroatoms. The van der Waals surface area contributed by atoms with E-state index in [0.29, 0.717) is 54.4 Å². The summed E-state index contributed by atoms with van der Waals surface area (Å²) in [5.41, 5.74) is 0.562. The van der Waals surface area contributed by atoms with Crippen LogP contribution < -0.4 is 20.1 Å². The van der Waals surface area contributed by atoms with Crippen molar-refractivity contribution in [2.45, 2.75) is 25.3 Å². The first kappa shape index (κ1) is 13.5. The molecule has 1 aromatic rings. The molecule has 108 valence electrons. The van der Waals surface area contributed by atoms with Crippen molar-refractivity contribution in [3.63, 3.8) is 0 Å². The normalized spacial score (nSPS) is 16.9. The highest BCUT2D eigenvalue weighted by atomic mass is 35.5. The molecule has 1 heterocycles. The van der Waals surface area contributed by atoms with E-state index in [1.807, 2.05) is 0 Å². The zero-order valence-corrected chi connectivity index (χ0v) is 11.8. The number of anilines is 1. The lowest BCUT2D eigenvalue weighted by molar-refractivity contribution is -0.116. The molecular formula is C14H17ClN2O3. The van der Waals surface area contributed by atoms with Gasteiger partial charge in [0.25, 0.3) is 0 Å². The Balaban J connectivity index is 1.59. The van der Waals surface area contributed by atoms with Gasteiger partial charge >= 0.3 is 0 Å². The van der Waals surface area contributed by atoms with Crippen LogP contribution in [0.2, 0.25) is 5.02 Å². The van der Waals surface area contributed by atoms with Crippen LogP contribution in [0.3, 0.4) is 0 Å². The molecule has 2 N–H and O–H groups in total. The second kappa shape index (κ2) is 5.89. The molecule has 1 aromatic carbocycles. The molecule has 0 saturated heterocycles. The number of halogens is 1. The molecular weight excluding hydrogens is 280 g/mol. The third-order valence-electron chi connectivity index (χ3n) is 3.27. The van der Waals surface area contributed by atoms with Crippen LogP contribution >= 0.6 is 11.6 Å². The topological polar surface area (TPSA) is 59.6 Å². The van der Waals surface area contributed by atoms with Crippen LogP contribution in [0.4, 0.5) is 5.69 Å². The van der Waals surface area contributed by atoms with Crippen molar-refractivity contribution in [1.29, 1.82) is 0 Å². The molecule has 0 aromatic heterocycles. The van der Waals surface area contributed by atoms with E-state index in [4.69, 9.17) is 21.1 Å². The van der Waals surface area contributed by atoms with Crippen molar-refractivity contribution in [3.05, 3.63) is 17.2 Å². The number of fused-ring (bicyclic) bond motifs is 1. The maximum absolute atomic E-state index is 11.9. The van der Waals surface area contributed by atoms with Gasteiger partial charge < -0.3 is 20.1 Å². The van der Waals surface area contributed by atoms with Gasteiger partial charge in [-0.05, 0) is 12.8 Å². The molecule has 1 aliphatic heterocycles. The number of carbonyl (C=O) groups excluding carboxylic acids is 1. The maximum atomic E-state index is 11.9. The van der Waals surface area contributed by atoms with Gasteiger partial charge in [0, 0.05) is 31.1 Å². The Bertz CT molecular complexity index is 517. The molecule has 0 spiro atoms. The molecule has 5 nitrogen and oxygen atoms in total. The monoisotopic (exact) mass is 296 g/mol. The van der Waals surface area contributed by atoms with Crippen LogP contribution in [0, 0.1) is 0 Å². The van der Waals surface area contributed by atoms with Crippen LogP contribution in [-0.2, 0) is 4.79 Å². The van der Waals surface area contributed by atoms with Crippen molar-refractivity contribution in [3.8, 4) is 11.5 Å². The van der Waals surface area contributed by atoms with E-state index in [1.165, 1.54) is 12.8 Å². The maximum Gasteiger partial charge on any atom is 0.225 e. The molecule has 3 rings (SSSR count). The van der Waals surface area contributed by atoms with E-state index in [1.54, 1.807) is 12.1 Å². The molecule has 1 amide bonds. The summed E-state index contributed by atoms with van der Waals surface area (Å²) in [5, 5.41) is 6.56. The smallest absolute Gasteiger partial charge is 0.225 e. The first-order valence-electron chi connectivity index (χ1n) is 6.85. The second-order valence-electron chi connectivity index (χ2n) is 5.00. The molecule has 1 saturated carbocycles. The Kier molecular flexibility index (Phi) is 3.98. The van der Waals surface area contributed by atoms with Crippen LogP contribution in [0.1, 0.15) is 19.3 Å². The van der Waals surface area contributed by atoms with Gasteiger partial charge in [0.1, 0.15) is 13.2 Å². The molecule has 0 bridgehead atoms. The van der Waals surface area contributed by atoms with E-state index in [0.717, 1.165) is 0 Å². The number of hydrogen-bond acceptors (Lipinski definition) is 4. The van der Waals surface area contributed by atoms with Gasteiger partial charge in [-0.25, -0.2) is 0 Å². The van der Waals surface area contributed by atoms with Crippen LogP contribution in [0.25, 0.3) is 0 Å². The van der Waals surface area contributed by atoms with Gasteiger partial charge in [0.15, 0.2) is 11.5 Å². The second-order valence-corrected chi connectivity index (χ2v) is 5.41. The average Bonchev–Trinajstić information content (AvgIpc) is 3.24. The van der Waals surface area contributed by atoms with Gasteiger partial charge in [-0.2, -0.15) is 0 Å². The van der Waals surface area contributed by atoms with Crippen molar-refractivity contribution >= 4 is 23.2 Å². The Morgan fingerprint density at radius 2 is 1.95 bits per heavy atom. The van der Waals surface area contributed by atoms with Gasteiger partial charge in [-0.3, -0.25) is 4.79 Å². The molecule has 20 heavy (non-hydrogen) atoms. The lowest BCUT2D eigenvalue weighted by Gasteiger charge is -2.20. The number of benzene rings is 1. The summed E-state index contributed by atoms with van der Waals surface area (Å²) in [6, 6.07) is 4.00. The predicted molar refractivity (Wildman–Crippen MR) is 76.7 cm³/mol. The fourth-order valence-corrected chi connectivity index (χ4v) is 2.25. The molecule has 1 aliphatic carbocycles. The van der Waals surface area contributed by atoms with Gasteiger partial charge in [-0.15, -0.1) is 0 Å². The first-order valence-corrected chi connectivity index (χ1v) is 7.22. The Hall–Kier alpha value is -1.46. The minimum absolute atomic E-state index is 0.0586. The van der Waals surface area contributed by atoms with E-state index >= 15 is 0 Å². The number of nitrogens with one attached hydrogen (secondary N) is 2. The summed E-state index contributed by atoms with van der Waals surface area (Å²) in [5.74, 6) is 1.18. The average molecular weight is 297 g/mol. The van der Waals surface area contributed by atoms with E-state index in [2.05, 4.69) is 10.6 Å². The van der Waals surface area contributed by atoms with Crippen molar-refractivity contribution in [2.75, 3.05) is 25.1 Å². The summed E-state index contributed by atoms with van der Waals surface area (Å²) >= 11 is 6.13. The summed E-state index contributed by atoms with van der Waals surface area (Å²) in [7, 11) is 0. The van der Waals surface area contributed by atoms with Crippen LogP contribution in [-0.4, -0.2) is 31.7 Å². The van der Waals surface area contributed by atoms with Crippen LogP contribution in [0.15, 0.2) is 12.1 Å². The number of amides is 1. The Morgan fingerprint density at radius 1 is 1.25 bits per heavy atom. The van der Waals surface area contributed by atoms with Gasteiger partial charge in [0.2, 0.25) is 5.91 Å². The summed E-state index contributed by atoms with van der Waals surface area (Å²) in [4.78, 5) is 11.9. The number of rotatable bonds is 5. The highest BCUT2D eigenvalue weighted by Crippen LogP contribution is 2.37. The van der Waals surface area contributed by atoms with Crippen molar-refractivity contribution in [1.82, 2.24) is 5.32 Å². The quantitative estimate of drug-likeness (QED) is 0.874. The first-order chi connectivity index (χ1) is 9.72. The zero-order chi connectivity index (χ0) is 13.9. The third-order valence-corrected chi connectivity index (χ3v) is 3.58. The lowest BCUT2D eigenvalue weighted by atomic mass is 10.2. The van der Waals surface area contributed by atoms with Gasteiger partial charge in [-0.1, -0.05) is 11.6 Å². The third kappa shape index (κ3) is 3.35. The molecule has 0 atom stereocenters. The fraction of sp³-hybridized carbons (Fsp3) is 0.500. The van der Waals surface area contributed by atoms with E-state index in [9.17, 15) is 4.79 Å². The van der Waals surface area contributed by atoms with Crippen LogP contribution in [0.5, 0.6) is 11.5 Å². The number of carbonyl (C=O) groups is 1. The van der Waals surface area contributed by atoms with Crippen molar-refractivity contribution < 1.29 is 14.3 Å². The summed E-state index contributed by atoms with van der Waals surface area (Å²) in [6.45, 7) is 1.72. The molecule has 2 aliphatic rings. The largest absolute Gasteiger partial charge is 0.486 e. The molecule has 0 unspecified atom stereocenters. The minimum atomic E-state index is -0.0586. The highest BCUT2D eigenvalue weighted by molar-refractivity contribution is 6.34. The minimum Gasteiger partial charge on any atom is -0.486 e. The van der Waals surface area contributed by atoms with E-state index < -0.39 is 0 Å². The number of ether oxygens (including phenoxy) is 2. The highest BCUT2D eigenvalue weighted by Gasteiger charge is 2.20. The van der Waals surface area contributed by atoms with E-state index in [-0.39, 0.29) is 5.91 Å². The molecule has 0 radical (unpaired) electrons. The number of hydrogen-bond donors (Lipinski definition) is 2. The Labute approximate surface area is 122 Å². The standard InChI is InChI=1S/C14H17ClN2O3/c15-10-7-12-13(20-6-5-19-12)8-11(10)17-14(18)3-4-16-9-1-2-9/h7-9,16H,1-6H2,(H,17,18). The Morgan fingerprint density at radius 3 is 2.65 bits per heavy atom. The fourth-order valence-electron chi connectivity index (χ4n) is 2.05. The summed E-state index contributed by atoms with van der Waals surface area (Å²) in [6.07, 6.45) is 2.87. The lowest BCUT2D eigenvalue weighted by Crippen LogP contribution is -2.23.